The topological polar surface area (TPSA) is 56.8 Å². The molecule has 0 saturated carbocycles. The SMILES string of the molecule is CCCCCCOc1ccc(C=C(C#N)C#N)cc1Cl. The zero-order valence-corrected chi connectivity index (χ0v) is 12.3. The average Bonchev–Trinajstić information content (AvgIpc) is 2.46. The number of nitriles is 2. The maximum Gasteiger partial charge on any atom is 0.137 e. The van der Waals surface area contributed by atoms with Gasteiger partial charge in [0.25, 0.3) is 0 Å². The second-order valence-electron chi connectivity index (χ2n) is 4.38. The smallest absolute Gasteiger partial charge is 0.137 e. The Kier molecular flexibility index (Phi) is 7.25. The Morgan fingerprint density at radius 1 is 1.25 bits per heavy atom. The number of rotatable bonds is 7. The van der Waals surface area contributed by atoms with Crippen LogP contribution in [0.1, 0.15) is 38.2 Å². The molecular formula is C16H17ClN2O. The number of halogens is 1. The highest BCUT2D eigenvalue weighted by Gasteiger charge is 2.03. The van der Waals surface area contributed by atoms with Crippen LogP contribution < -0.4 is 4.74 Å². The molecule has 0 aliphatic carbocycles. The summed E-state index contributed by atoms with van der Waals surface area (Å²) >= 11 is 6.12. The summed E-state index contributed by atoms with van der Waals surface area (Å²) in [5.41, 5.74) is 0.765. The molecule has 0 amide bonds. The van der Waals surface area contributed by atoms with Gasteiger partial charge >= 0.3 is 0 Å². The molecular weight excluding hydrogens is 272 g/mol. The minimum absolute atomic E-state index is 0.0503. The molecule has 3 nitrogen and oxygen atoms in total. The molecule has 4 heteroatoms. The number of hydrogen-bond donors (Lipinski definition) is 0. The lowest BCUT2D eigenvalue weighted by atomic mass is 10.1. The Morgan fingerprint density at radius 2 is 2.00 bits per heavy atom. The van der Waals surface area contributed by atoms with Crippen LogP contribution >= 0.6 is 11.6 Å². The maximum atomic E-state index is 8.70. The minimum Gasteiger partial charge on any atom is -0.492 e. The normalized spacial score (nSPS) is 9.40. The quantitative estimate of drug-likeness (QED) is 0.538. The van der Waals surface area contributed by atoms with E-state index in [0.717, 1.165) is 12.8 Å². The average molecular weight is 289 g/mol. The van der Waals surface area contributed by atoms with Crippen LogP contribution in [0.25, 0.3) is 6.08 Å². The zero-order chi connectivity index (χ0) is 14.8. The van der Waals surface area contributed by atoms with Crippen LogP contribution in [-0.4, -0.2) is 6.61 Å². The molecule has 0 bridgehead atoms. The molecule has 0 saturated heterocycles. The van der Waals surface area contributed by atoms with Crippen molar-refractivity contribution in [2.75, 3.05) is 6.61 Å². The summed E-state index contributed by atoms with van der Waals surface area (Å²) in [5, 5.41) is 17.9. The van der Waals surface area contributed by atoms with Gasteiger partial charge in [0.1, 0.15) is 23.5 Å². The first-order chi connectivity index (χ1) is 9.71. The summed E-state index contributed by atoms with van der Waals surface area (Å²) in [6, 6.07) is 8.86. The zero-order valence-electron chi connectivity index (χ0n) is 11.5. The summed E-state index contributed by atoms with van der Waals surface area (Å²) in [5.74, 6) is 0.635. The van der Waals surface area contributed by atoms with E-state index in [4.69, 9.17) is 26.9 Å². The Labute approximate surface area is 125 Å². The maximum absolute atomic E-state index is 8.70. The van der Waals surface area contributed by atoms with E-state index in [1.165, 1.54) is 18.9 Å². The van der Waals surface area contributed by atoms with E-state index in [1.54, 1.807) is 18.2 Å². The number of nitrogens with zero attached hydrogens (tertiary/aromatic N) is 2. The van der Waals surface area contributed by atoms with E-state index in [0.29, 0.717) is 22.9 Å². The lowest BCUT2D eigenvalue weighted by Crippen LogP contribution is -1.97. The highest BCUT2D eigenvalue weighted by molar-refractivity contribution is 6.32. The monoisotopic (exact) mass is 288 g/mol. The van der Waals surface area contributed by atoms with Gasteiger partial charge in [0.2, 0.25) is 0 Å². The molecule has 0 unspecified atom stereocenters. The van der Waals surface area contributed by atoms with E-state index < -0.39 is 0 Å². The lowest BCUT2D eigenvalue weighted by Gasteiger charge is -2.08. The number of hydrogen-bond acceptors (Lipinski definition) is 3. The third-order valence-corrected chi connectivity index (χ3v) is 3.06. The van der Waals surface area contributed by atoms with Gasteiger partial charge in [-0.05, 0) is 30.2 Å². The second kappa shape index (κ2) is 9.02. The van der Waals surface area contributed by atoms with Crippen molar-refractivity contribution in [2.24, 2.45) is 0 Å². The lowest BCUT2D eigenvalue weighted by molar-refractivity contribution is 0.305. The fraction of sp³-hybridized carbons (Fsp3) is 0.375. The first-order valence-electron chi connectivity index (χ1n) is 6.65. The fourth-order valence-corrected chi connectivity index (χ4v) is 1.93. The van der Waals surface area contributed by atoms with Crippen molar-refractivity contribution in [3.05, 3.63) is 34.4 Å². The first-order valence-corrected chi connectivity index (χ1v) is 7.03. The third-order valence-electron chi connectivity index (χ3n) is 2.76. The van der Waals surface area contributed by atoms with Crippen molar-refractivity contribution in [1.82, 2.24) is 0 Å². The molecule has 0 aliphatic rings. The molecule has 0 spiro atoms. The third kappa shape index (κ3) is 5.34. The van der Waals surface area contributed by atoms with Gasteiger partial charge in [-0.15, -0.1) is 0 Å². The van der Waals surface area contributed by atoms with Gasteiger partial charge in [-0.25, -0.2) is 0 Å². The number of benzene rings is 1. The first kappa shape index (κ1) is 16.1. The van der Waals surface area contributed by atoms with E-state index >= 15 is 0 Å². The van der Waals surface area contributed by atoms with Crippen LogP contribution in [0.3, 0.4) is 0 Å². The second-order valence-corrected chi connectivity index (χ2v) is 4.79. The van der Waals surface area contributed by atoms with Crippen LogP contribution in [0, 0.1) is 22.7 Å². The Bertz CT molecular complexity index is 537. The van der Waals surface area contributed by atoms with Crippen molar-refractivity contribution in [1.29, 1.82) is 10.5 Å². The van der Waals surface area contributed by atoms with Crippen molar-refractivity contribution < 1.29 is 4.74 Å². The Balaban J connectivity index is 2.63. The molecule has 1 rings (SSSR count). The predicted octanol–water partition coefficient (Wildman–Crippen LogP) is 4.73. The highest BCUT2D eigenvalue weighted by atomic mass is 35.5. The predicted molar refractivity (Wildman–Crippen MR) is 80.3 cm³/mol. The molecule has 0 aromatic heterocycles. The van der Waals surface area contributed by atoms with E-state index in [1.807, 2.05) is 12.1 Å². The number of allylic oxidation sites excluding steroid dienone is 1. The van der Waals surface area contributed by atoms with Crippen LogP contribution in [0.15, 0.2) is 23.8 Å². The molecule has 1 aromatic carbocycles. The van der Waals surface area contributed by atoms with Gasteiger partial charge in [0, 0.05) is 0 Å². The molecule has 1 aromatic rings. The van der Waals surface area contributed by atoms with E-state index in [-0.39, 0.29) is 5.57 Å². The fourth-order valence-electron chi connectivity index (χ4n) is 1.69. The largest absolute Gasteiger partial charge is 0.492 e. The molecule has 0 fully saturated rings. The van der Waals surface area contributed by atoms with Crippen LogP contribution in [-0.2, 0) is 0 Å². The van der Waals surface area contributed by atoms with Gasteiger partial charge in [0.15, 0.2) is 0 Å². The van der Waals surface area contributed by atoms with Crippen molar-refractivity contribution in [3.8, 4) is 17.9 Å². The molecule has 104 valence electrons. The molecule has 0 atom stereocenters. The van der Waals surface area contributed by atoms with E-state index in [2.05, 4.69) is 6.92 Å². The minimum atomic E-state index is 0.0503. The molecule has 0 aliphatic heterocycles. The van der Waals surface area contributed by atoms with Crippen LogP contribution in [0.4, 0.5) is 0 Å². The van der Waals surface area contributed by atoms with Gasteiger partial charge in [0.05, 0.1) is 11.6 Å². The summed E-state index contributed by atoms with van der Waals surface area (Å²) in [7, 11) is 0. The molecule has 0 N–H and O–H groups in total. The van der Waals surface area contributed by atoms with Crippen LogP contribution in [0.5, 0.6) is 5.75 Å². The summed E-state index contributed by atoms with van der Waals surface area (Å²) < 4.78 is 5.61. The molecule has 0 radical (unpaired) electrons. The number of unbranched alkanes of at least 4 members (excludes halogenated alkanes) is 3. The van der Waals surface area contributed by atoms with Crippen molar-refractivity contribution >= 4 is 17.7 Å². The highest BCUT2D eigenvalue weighted by Crippen LogP contribution is 2.26. The standard InChI is InChI=1S/C16H17ClN2O/c1-2-3-4-5-8-20-16-7-6-13(10-15(16)17)9-14(11-18)12-19/h6-7,9-10H,2-5,8H2,1H3. The van der Waals surface area contributed by atoms with Gasteiger partial charge < -0.3 is 4.74 Å². The summed E-state index contributed by atoms with van der Waals surface area (Å²) in [4.78, 5) is 0. The molecule has 20 heavy (non-hydrogen) atoms. The van der Waals surface area contributed by atoms with Crippen LogP contribution in [0.2, 0.25) is 5.02 Å². The summed E-state index contributed by atoms with van der Waals surface area (Å²) in [6.07, 6.45) is 6.08. The molecule has 0 heterocycles. The summed E-state index contributed by atoms with van der Waals surface area (Å²) in [6.45, 7) is 2.82. The van der Waals surface area contributed by atoms with Gasteiger partial charge in [-0.3, -0.25) is 0 Å². The number of ether oxygens (including phenoxy) is 1. The van der Waals surface area contributed by atoms with Gasteiger partial charge in [-0.2, -0.15) is 10.5 Å². The van der Waals surface area contributed by atoms with Crippen molar-refractivity contribution in [3.63, 3.8) is 0 Å². The van der Waals surface area contributed by atoms with Crippen molar-refractivity contribution in [2.45, 2.75) is 32.6 Å². The Hall–Kier alpha value is -1.97. The Morgan fingerprint density at radius 3 is 2.60 bits per heavy atom. The van der Waals surface area contributed by atoms with E-state index in [9.17, 15) is 0 Å². The van der Waals surface area contributed by atoms with Gasteiger partial charge in [-0.1, -0.05) is 43.9 Å².